The van der Waals surface area contributed by atoms with E-state index in [-0.39, 0.29) is 80.9 Å². The molecule has 3 heterocycles. The summed E-state index contributed by atoms with van der Waals surface area (Å²) in [5.41, 5.74) is 14.1. The molecule has 19 heteroatoms. The molecule has 19 nitrogen and oxygen atoms in total. The van der Waals surface area contributed by atoms with Crippen LogP contribution in [0.3, 0.4) is 0 Å². The summed E-state index contributed by atoms with van der Waals surface area (Å²) in [6.07, 6.45) is 6.41. The summed E-state index contributed by atoms with van der Waals surface area (Å²) >= 11 is 0. The molecule has 3 aliphatic rings. The van der Waals surface area contributed by atoms with Gasteiger partial charge in [-0.25, -0.2) is 14.2 Å². The van der Waals surface area contributed by atoms with Gasteiger partial charge >= 0.3 is 11.4 Å². The highest BCUT2D eigenvalue weighted by atomic mass is 16.2. The molecule has 1 saturated carbocycles. The predicted molar refractivity (Wildman–Crippen MR) is 283 cm³/mol. The Hall–Kier alpha value is -7.64. The van der Waals surface area contributed by atoms with Crippen molar-refractivity contribution in [2.75, 3.05) is 51.1 Å². The van der Waals surface area contributed by atoms with Gasteiger partial charge in [0.1, 0.15) is 6.04 Å². The van der Waals surface area contributed by atoms with Crippen LogP contribution in [-0.4, -0.2) is 111 Å². The standard InChI is InChI=1S/C55H68N12O7/c56-29-15-3-8-26-46(68)62-52(57)59-30-16-25-45(51(72)58-31-32-65-53(73)66(39-17-4-1-5-18-39)67(54(65)74)40-19-6-2-7-20-40)60-47(69)37-55(27-13-14-28-55)38-48(70)63-33-35-64(36-34-63)49-41-21-9-10-22-42(41)50(71)61-44-24-12-11-23-43(44)49/h1-2,4-7,9-12,17-24,45,49H,3,8,13-16,25-38,56H2,(H,58,72)(H,60,69)(H,61,71)(H3,57,59,62,68)/t45-,49?/m0/s1. The van der Waals surface area contributed by atoms with E-state index < -0.39 is 28.7 Å². The predicted octanol–water partition coefficient (Wildman–Crippen LogP) is 3.96. The van der Waals surface area contributed by atoms with Crippen LogP contribution in [-0.2, 0) is 25.7 Å². The van der Waals surface area contributed by atoms with E-state index in [1.807, 2.05) is 65.6 Å². The number of piperazine rings is 1. The number of guanidine groups is 1. The molecule has 0 bridgehead atoms. The first-order chi connectivity index (χ1) is 35.9. The lowest BCUT2D eigenvalue weighted by atomic mass is 9.78. The lowest BCUT2D eigenvalue weighted by Crippen LogP contribution is -2.51. The number of fused-ring (bicyclic) bond motifs is 2. The third-order valence-electron chi connectivity index (χ3n) is 14.4. The second kappa shape index (κ2) is 24.9. The van der Waals surface area contributed by atoms with Gasteiger partial charge in [0.2, 0.25) is 23.6 Å². The van der Waals surface area contributed by atoms with E-state index in [1.165, 1.54) is 9.36 Å². The number of nitrogens with zero attached hydrogens (tertiary/aromatic N) is 6. The van der Waals surface area contributed by atoms with Crippen molar-refractivity contribution in [1.82, 2.24) is 39.7 Å². The zero-order chi connectivity index (χ0) is 52.0. The quantitative estimate of drug-likeness (QED) is 0.0351. The number of para-hydroxylation sites is 3. The second-order valence-electron chi connectivity index (χ2n) is 19.5. The van der Waals surface area contributed by atoms with Crippen LogP contribution < -0.4 is 44.1 Å². The van der Waals surface area contributed by atoms with E-state index in [2.05, 4.69) is 31.2 Å². The highest BCUT2D eigenvalue weighted by Gasteiger charge is 2.41. The molecule has 8 N–H and O–H groups in total. The number of benzene rings is 4. The van der Waals surface area contributed by atoms with Crippen molar-refractivity contribution >= 4 is 41.2 Å². The number of aromatic nitrogens is 3. The van der Waals surface area contributed by atoms with Gasteiger partial charge < -0.3 is 32.3 Å². The number of aliphatic imine (C=N–C) groups is 1. The van der Waals surface area contributed by atoms with Crippen molar-refractivity contribution in [1.29, 1.82) is 0 Å². The lowest BCUT2D eigenvalue weighted by Gasteiger charge is -2.41. The van der Waals surface area contributed by atoms with Crippen molar-refractivity contribution in [3.05, 3.63) is 147 Å². The van der Waals surface area contributed by atoms with E-state index in [0.29, 0.717) is 75.3 Å². The van der Waals surface area contributed by atoms with E-state index in [0.717, 1.165) is 47.1 Å². The second-order valence-corrected chi connectivity index (χ2v) is 19.5. The van der Waals surface area contributed by atoms with Crippen molar-refractivity contribution in [2.45, 2.75) is 95.7 Å². The van der Waals surface area contributed by atoms with Gasteiger partial charge in [-0.3, -0.25) is 39.2 Å². The molecule has 0 radical (unpaired) electrons. The van der Waals surface area contributed by atoms with Crippen molar-refractivity contribution in [2.24, 2.45) is 21.9 Å². The number of carbonyl (C=O) groups excluding carboxylic acids is 5. The zero-order valence-corrected chi connectivity index (χ0v) is 41.9. The summed E-state index contributed by atoms with van der Waals surface area (Å²) in [7, 11) is 0. The molecule has 1 aromatic heterocycles. The fourth-order valence-corrected chi connectivity index (χ4v) is 10.6. The van der Waals surface area contributed by atoms with Crippen LogP contribution in [0.25, 0.3) is 11.4 Å². The maximum absolute atomic E-state index is 14.2. The van der Waals surface area contributed by atoms with E-state index >= 15 is 0 Å². The lowest BCUT2D eigenvalue weighted by molar-refractivity contribution is -0.137. The van der Waals surface area contributed by atoms with Crippen LogP contribution in [0.4, 0.5) is 5.69 Å². The number of carbonyl (C=O) groups is 5. The van der Waals surface area contributed by atoms with Crippen LogP contribution in [0.2, 0.25) is 0 Å². The smallest absolute Gasteiger partial charge is 0.352 e. The van der Waals surface area contributed by atoms with Gasteiger partial charge in [-0.2, -0.15) is 9.36 Å². The Kier molecular flexibility index (Phi) is 17.7. The summed E-state index contributed by atoms with van der Waals surface area (Å²) in [5.74, 6) is -1.36. The number of nitrogens with two attached hydrogens (primary N) is 2. The van der Waals surface area contributed by atoms with Gasteiger partial charge in [0, 0.05) is 76.3 Å². The average Bonchev–Trinajstić information content (AvgIpc) is 3.93. The molecule has 2 aliphatic heterocycles. The van der Waals surface area contributed by atoms with Gasteiger partial charge in [0.05, 0.1) is 17.4 Å². The van der Waals surface area contributed by atoms with Crippen LogP contribution in [0, 0.1) is 5.41 Å². The number of amides is 5. The number of unbranched alkanes of at least 4 members (excludes halogenated alkanes) is 2. The average molecular weight is 1010 g/mol. The first-order valence-electron chi connectivity index (χ1n) is 25.9. The molecule has 74 heavy (non-hydrogen) atoms. The van der Waals surface area contributed by atoms with Crippen LogP contribution >= 0.6 is 0 Å². The Bertz CT molecular complexity index is 2850. The number of nitrogens with one attached hydrogen (secondary N) is 4. The molecule has 4 aromatic carbocycles. The third kappa shape index (κ3) is 12.7. The Morgan fingerprint density at radius 3 is 2.00 bits per heavy atom. The van der Waals surface area contributed by atoms with Crippen molar-refractivity contribution in [3.63, 3.8) is 0 Å². The monoisotopic (exact) mass is 1010 g/mol. The summed E-state index contributed by atoms with van der Waals surface area (Å²) < 4.78 is 3.65. The molecule has 5 amide bonds. The Morgan fingerprint density at radius 1 is 0.716 bits per heavy atom. The highest BCUT2D eigenvalue weighted by molar-refractivity contribution is 6.07. The molecule has 2 atom stereocenters. The van der Waals surface area contributed by atoms with Crippen LogP contribution in [0.1, 0.15) is 105 Å². The summed E-state index contributed by atoms with van der Waals surface area (Å²) in [5, 5.41) is 11.5. The normalized spacial score (nSPS) is 16.8. The maximum Gasteiger partial charge on any atom is 0.352 e. The molecule has 2 fully saturated rings. The zero-order valence-electron chi connectivity index (χ0n) is 41.9. The summed E-state index contributed by atoms with van der Waals surface area (Å²) in [6.45, 7) is 2.61. The van der Waals surface area contributed by atoms with Crippen LogP contribution in [0.15, 0.2) is 124 Å². The van der Waals surface area contributed by atoms with Gasteiger partial charge in [0.15, 0.2) is 5.96 Å². The fourth-order valence-electron chi connectivity index (χ4n) is 10.6. The Balaban J connectivity index is 0.923. The first-order valence-corrected chi connectivity index (χ1v) is 25.9. The van der Waals surface area contributed by atoms with Gasteiger partial charge in [-0.05, 0) is 98.0 Å². The molecule has 390 valence electrons. The first kappa shape index (κ1) is 52.7. The number of hydrogen-bond donors (Lipinski definition) is 6. The Labute approximate surface area is 430 Å². The van der Waals surface area contributed by atoms with E-state index in [1.54, 1.807) is 48.5 Å². The molecular formula is C55H68N12O7. The molecule has 5 aromatic rings. The van der Waals surface area contributed by atoms with Crippen molar-refractivity contribution in [3.8, 4) is 11.4 Å². The minimum atomic E-state index is -1.03. The van der Waals surface area contributed by atoms with Crippen LogP contribution in [0.5, 0.6) is 0 Å². The van der Waals surface area contributed by atoms with Gasteiger partial charge in [-0.1, -0.05) is 92.1 Å². The van der Waals surface area contributed by atoms with E-state index in [4.69, 9.17) is 11.5 Å². The molecule has 1 saturated heterocycles. The van der Waals surface area contributed by atoms with Gasteiger partial charge in [0.25, 0.3) is 5.91 Å². The number of rotatable bonds is 21. The maximum atomic E-state index is 14.2. The number of anilines is 1. The molecular weight excluding hydrogens is 941 g/mol. The molecule has 0 spiro atoms. The number of hydrogen-bond acceptors (Lipinski definition) is 10. The Morgan fingerprint density at radius 2 is 1.34 bits per heavy atom. The summed E-state index contributed by atoms with van der Waals surface area (Å²) in [6, 6.07) is 31.9. The SMILES string of the molecule is NCCCCCC(=O)NC(N)=NCCC[C@H](NC(=O)CC1(CC(=O)N2CCN(C3c4ccccc4NC(=O)c4ccccc43)CC2)CCCC1)C(=O)NCCn1c(=O)n(-c2ccccc2)n(-c2ccccc2)c1=O. The topological polar surface area (TPSA) is 253 Å². The minimum Gasteiger partial charge on any atom is -0.370 e. The van der Waals surface area contributed by atoms with E-state index in [9.17, 15) is 33.6 Å². The molecule has 1 aliphatic carbocycles. The van der Waals surface area contributed by atoms with Gasteiger partial charge in [-0.15, -0.1) is 0 Å². The molecule has 1 unspecified atom stereocenters. The van der Waals surface area contributed by atoms with Crippen molar-refractivity contribution < 1.29 is 24.0 Å². The summed E-state index contributed by atoms with van der Waals surface area (Å²) in [4.78, 5) is 104. The third-order valence-corrected chi connectivity index (χ3v) is 14.4. The minimum absolute atomic E-state index is 0.0204. The highest BCUT2D eigenvalue weighted by Crippen LogP contribution is 2.45. The molecule has 8 rings (SSSR count). The fraction of sp³-hybridized carbons (Fsp3) is 0.418. The largest absolute Gasteiger partial charge is 0.370 e.